The van der Waals surface area contributed by atoms with Gasteiger partial charge in [0.2, 0.25) is 0 Å². The van der Waals surface area contributed by atoms with Crippen molar-refractivity contribution in [2.75, 3.05) is 13.2 Å². The number of hydrogen-bond acceptors (Lipinski definition) is 3. The minimum atomic E-state index is 0.419. The van der Waals surface area contributed by atoms with Crippen molar-refractivity contribution in [1.82, 2.24) is 5.32 Å². The summed E-state index contributed by atoms with van der Waals surface area (Å²) in [6.45, 7) is 6.36. The quantitative estimate of drug-likeness (QED) is 0.841. The number of ether oxygens (including phenoxy) is 1. The van der Waals surface area contributed by atoms with Gasteiger partial charge < -0.3 is 10.1 Å². The van der Waals surface area contributed by atoms with E-state index in [1.54, 1.807) is 0 Å². The number of rotatable bonds is 6. The smallest absolute Gasteiger partial charge is 0.0732 e. The summed E-state index contributed by atoms with van der Waals surface area (Å²) in [6, 6.07) is 5.03. The second-order valence-electron chi connectivity index (χ2n) is 4.64. The summed E-state index contributed by atoms with van der Waals surface area (Å²) < 4.78 is 5.82. The van der Waals surface area contributed by atoms with Crippen LogP contribution in [0.3, 0.4) is 0 Å². The van der Waals surface area contributed by atoms with Crippen molar-refractivity contribution < 1.29 is 4.74 Å². The monoisotopic (exact) mass is 253 g/mol. The first kappa shape index (κ1) is 13.1. The van der Waals surface area contributed by atoms with Crippen LogP contribution in [0.4, 0.5) is 0 Å². The highest BCUT2D eigenvalue weighted by Crippen LogP contribution is 2.23. The molecule has 1 saturated heterocycles. The Hall–Kier alpha value is -0.380. The van der Waals surface area contributed by atoms with Gasteiger partial charge in [0, 0.05) is 22.4 Å². The lowest BCUT2D eigenvalue weighted by molar-refractivity contribution is 0.0791. The number of hydrogen-bond donors (Lipinski definition) is 1. The lowest BCUT2D eigenvalue weighted by atomic mass is 10.0. The van der Waals surface area contributed by atoms with Gasteiger partial charge in [-0.2, -0.15) is 0 Å². The third-order valence-corrected chi connectivity index (χ3v) is 4.62. The molecule has 96 valence electrons. The first-order valence-electron chi connectivity index (χ1n) is 6.76. The van der Waals surface area contributed by atoms with E-state index >= 15 is 0 Å². The van der Waals surface area contributed by atoms with Crippen LogP contribution >= 0.6 is 11.3 Å². The maximum Gasteiger partial charge on any atom is 0.0732 e. The van der Waals surface area contributed by atoms with Crippen LogP contribution in [0.1, 0.15) is 36.4 Å². The molecule has 17 heavy (non-hydrogen) atoms. The highest BCUT2D eigenvalue weighted by molar-refractivity contribution is 7.11. The molecule has 0 spiro atoms. The summed E-state index contributed by atoms with van der Waals surface area (Å²) in [5.41, 5.74) is 0. The maximum absolute atomic E-state index is 5.82. The molecular formula is C14H23NOS. The SMILES string of the molecule is CCNC(Cc1ccc(CC)s1)C1CCCO1. The lowest BCUT2D eigenvalue weighted by Crippen LogP contribution is -2.41. The fourth-order valence-electron chi connectivity index (χ4n) is 2.46. The van der Waals surface area contributed by atoms with Gasteiger partial charge in [-0.3, -0.25) is 0 Å². The predicted octanol–water partition coefficient (Wildman–Crippen LogP) is 3.01. The van der Waals surface area contributed by atoms with E-state index in [0.717, 1.165) is 26.0 Å². The summed E-state index contributed by atoms with van der Waals surface area (Å²) in [5.74, 6) is 0. The molecular weight excluding hydrogens is 230 g/mol. The Morgan fingerprint density at radius 2 is 2.24 bits per heavy atom. The molecule has 1 N–H and O–H groups in total. The van der Waals surface area contributed by atoms with E-state index in [0.29, 0.717) is 12.1 Å². The molecule has 3 heteroatoms. The summed E-state index contributed by atoms with van der Waals surface area (Å²) >= 11 is 1.95. The summed E-state index contributed by atoms with van der Waals surface area (Å²) in [7, 11) is 0. The van der Waals surface area contributed by atoms with Gasteiger partial charge in [0.25, 0.3) is 0 Å². The number of aryl methyl sites for hydroxylation is 1. The number of likely N-dealkylation sites (N-methyl/N-ethyl adjacent to an activating group) is 1. The van der Waals surface area contributed by atoms with Crippen LogP contribution in [0.25, 0.3) is 0 Å². The minimum Gasteiger partial charge on any atom is -0.377 e. The second-order valence-corrected chi connectivity index (χ2v) is 5.89. The second kappa shape index (κ2) is 6.53. The average molecular weight is 253 g/mol. The topological polar surface area (TPSA) is 21.3 Å². The maximum atomic E-state index is 5.82. The van der Waals surface area contributed by atoms with Crippen LogP contribution in [0, 0.1) is 0 Å². The molecule has 2 rings (SSSR count). The molecule has 1 aliphatic heterocycles. The molecule has 1 fully saturated rings. The molecule has 2 unspecified atom stereocenters. The zero-order valence-corrected chi connectivity index (χ0v) is 11.7. The molecule has 2 heterocycles. The highest BCUT2D eigenvalue weighted by atomic mass is 32.1. The fourth-order valence-corrected chi connectivity index (χ4v) is 3.47. The van der Waals surface area contributed by atoms with E-state index in [2.05, 4.69) is 31.3 Å². The molecule has 0 aliphatic carbocycles. The standard InChI is InChI=1S/C14H23NOS/c1-3-11-7-8-12(17-11)10-13(15-4-2)14-6-5-9-16-14/h7-8,13-15H,3-6,9-10H2,1-2H3. The largest absolute Gasteiger partial charge is 0.377 e. The number of thiophene rings is 1. The van der Waals surface area contributed by atoms with Crippen LogP contribution in [0.5, 0.6) is 0 Å². The van der Waals surface area contributed by atoms with Gasteiger partial charge >= 0.3 is 0 Å². The van der Waals surface area contributed by atoms with E-state index in [9.17, 15) is 0 Å². The van der Waals surface area contributed by atoms with Gasteiger partial charge in [-0.25, -0.2) is 0 Å². The highest BCUT2D eigenvalue weighted by Gasteiger charge is 2.25. The molecule has 0 saturated carbocycles. The third-order valence-electron chi connectivity index (χ3n) is 3.37. The van der Waals surface area contributed by atoms with Crippen molar-refractivity contribution in [3.05, 3.63) is 21.9 Å². The van der Waals surface area contributed by atoms with Crippen LogP contribution in [0.15, 0.2) is 12.1 Å². The zero-order chi connectivity index (χ0) is 12.1. The molecule has 0 radical (unpaired) electrons. The van der Waals surface area contributed by atoms with E-state index in [1.165, 1.54) is 22.6 Å². The Balaban J connectivity index is 1.96. The summed E-state index contributed by atoms with van der Waals surface area (Å²) in [5, 5.41) is 3.58. The molecule has 1 aromatic rings. The first-order valence-corrected chi connectivity index (χ1v) is 7.57. The van der Waals surface area contributed by atoms with Gasteiger partial charge in [0.05, 0.1) is 6.10 Å². The van der Waals surface area contributed by atoms with E-state index in [1.807, 2.05) is 11.3 Å². The van der Waals surface area contributed by atoms with Gasteiger partial charge in [0.15, 0.2) is 0 Å². The first-order chi connectivity index (χ1) is 8.33. The van der Waals surface area contributed by atoms with Crippen molar-refractivity contribution >= 4 is 11.3 Å². The fraction of sp³-hybridized carbons (Fsp3) is 0.714. The molecule has 1 aromatic heterocycles. The molecule has 0 amide bonds. The third kappa shape index (κ3) is 3.54. The van der Waals surface area contributed by atoms with Crippen LogP contribution in [0.2, 0.25) is 0 Å². The molecule has 0 bridgehead atoms. The Labute approximate surface area is 108 Å². The van der Waals surface area contributed by atoms with Gasteiger partial charge in [-0.15, -0.1) is 11.3 Å². The van der Waals surface area contributed by atoms with Crippen molar-refractivity contribution in [2.45, 2.75) is 51.7 Å². The summed E-state index contributed by atoms with van der Waals surface area (Å²) in [4.78, 5) is 2.98. The molecule has 2 atom stereocenters. The molecule has 1 aliphatic rings. The van der Waals surface area contributed by atoms with Crippen molar-refractivity contribution in [1.29, 1.82) is 0 Å². The van der Waals surface area contributed by atoms with Crippen LogP contribution in [-0.2, 0) is 17.6 Å². The van der Waals surface area contributed by atoms with Crippen molar-refractivity contribution in [3.8, 4) is 0 Å². The van der Waals surface area contributed by atoms with Gasteiger partial charge in [-0.1, -0.05) is 13.8 Å². The normalized spacial score (nSPS) is 21.9. The van der Waals surface area contributed by atoms with Gasteiger partial charge in [-0.05, 0) is 44.4 Å². The van der Waals surface area contributed by atoms with Gasteiger partial charge in [0.1, 0.15) is 0 Å². The lowest BCUT2D eigenvalue weighted by Gasteiger charge is -2.23. The van der Waals surface area contributed by atoms with Crippen molar-refractivity contribution in [3.63, 3.8) is 0 Å². The molecule has 2 nitrogen and oxygen atoms in total. The van der Waals surface area contributed by atoms with E-state index < -0.39 is 0 Å². The van der Waals surface area contributed by atoms with Crippen LogP contribution < -0.4 is 5.32 Å². The Morgan fingerprint density at radius 3 is 2.82 bits per heavy atom. The zero-order valence-electron chi connectivity index (χ0n) is 10.9. The minimum absolute atomic E-state index is 0.419. The summed E-state index contributed by atoms with van der Waals surface area (Å²) in [6.07, 6.45) is 5.11. The predicted molar refractivity (Wildman–Crippen MR) is 73.8 cm³/mol. The molecule has 0 aromatic carbocycles. The van der Waals surface area contributed by atoms with Crippen molar-refractivity contribution in [2.24, 2.45) is 0 Å². The Morgan fingerprint density at radius 1 is 1.41 bits per heavy atom. The van der Waals surface area contributed by atoms with Crippen LogP contribution in [-0.4, -0.2) is 25.3 Å². The van der Waals surface area contributed by atoms with E-state index in [4.69, 9.17) is 4.74 Å². The van der Waals surface area contributed by atoms with E-state index in [-0.39, 0.29) is 0 Å². The average Bonchev–Trinajstić information content (AvgIpc) is 2.99. The number of nitrogens with one attached hydrogen (secondary N) is 1. The Kier molecular flexibility index (Phi) is 5.01. The Bertz CT molecular complexity index is 331.